The van der Waals surface area contributed by atoms with E-state index in [-0.39, 0.29) is 5.41 Å². The summed E-state index contributed by atoms with van der Waals surface area (Å²) in [4.78, 5) is 0. The maximum atomic E-state index is 6.51. The predicted octanol–water partition coefficient (Wildman–Crippen LogP) is 5.37. The number of unbranched alkanes of at least 4 members (excludes halogenated alkanes) is 6. The molecular weight excluding hydrogens is 268 g/mol. The van der Waals surface area contributed by atoms with Gasteiger partial charge in [0.15, 0.2) is 0 Å². The van der Waals surface area contributed by atoms with Gasteiger partial charge >= 0.3 is 0 Å². The van der Waals surface area contributed by atoms with E-state index in [0.717, 1.165) is 24.2 Å². The van der Waals surface area contributed by atoms with Crippen LogP contribution in [0.25, 0.3) is 0 Å². The van der Waals surface area contributed by atoms with Crippen LogP contribution in [-0.2, 0) is 18.3 Å². The number of nitrogen functional groups attached to an aromatic ring is 2. The molecule has 1 aromatic rings. The third kappa shape index (κ3) is 3.77. The van der Waals surface area contributed by atoms with Crippen molar-refractivity contribution >= 4 is 11.4 Å². The van der Waals surface area contributed by atoms with Gasteiger partial charge in [0.2, 0.25) is 0 Å². The van der Waals surface area contributed by atoms with Crippen LogP contribution in [0.5, 0.6) is 0 Å². The number of aryl methyl sites for hydroxylation is 1. The topological polar surface area (TPSA) is 52.0 Å². The summed E-state index contributed by atoms with van der Waals surface area (Å²) in [6.07, 6.45) is 12.6. The molecule has 0 atom stereocenters. The van der Waals surface area contributed by atoms with Gasteiger partial charge in [-0.2, -0.15) is 0 Å². The van der Waals surface area contributed by atoms with Gasteiger partial charge < -0.3 is 11.5 Å². The summed E-state index contributed by atoms with van der Waals surface area (Å²) in [7, 11) is 0. The van der Waals surface area contributed by atoms with E-state index in [1.807, 2.05) is 0 Å². The molecule has 22 heavy (non-hydrogen) atoms. The lowest BCUT2D eigenvalue weighted by molar-refractivity contribution is 0.523. The van der Waals surface area contributed by atoms with Crippen molar-refractivity contribution in [2.75, 3.05) is 11.5 Å². The first-order chi connectivity index (χ1) is 10.5. The average molecular weight is 303 g/mol. The molecule has 0 aliphatic heterocycles. The first-order valence-corrected chi connectivity index (χ1v) is 9.17. The van der Waals surface area contributed by atoms with Crippen molar-refractivity contribution < 1.29 is 0 Å². The molecule has 0 spiro atoms. The predicted molar refractivity (Wildman–Crippen MR) is 98.3 cm³/mol. The molecule has 0 aromatic heterocycles. The minimum atomic E-state index is 0.210. The van der Waals surface area contributed by atoms with Gasteiger partial charge in [-0.3, -0.25) is 0 Å². The Morgan fingerprint density at radius 1 is 1.00 bits per heavy atom. The lowest BCUT2D eigenvalue weighted by atomic mass is 9.83. The molecule has 0 saturated heterocycles. The largest absolute Gasteiger partial charge is 0.398 e. The Morgan fingerprint density at radius 2 is 1.64 bits per heavy atom. The monoisotopic (exact) mass is 302 g/mol. The van der Waals surface area contributed by atoms with E-state index in [1.165, 1.54) is 68.1 Å². The maximum Gasteiger partial charge on any atom is 0.0408 e. The molecule has 0 saturated carbocycles. The first kappa shape index (κ1) is 17.2. The summed E-state index contributed by atoms with van der Waals surface area (Å²) in [6.45, 7) is 6.88. The van der Waals surface area contributed by atoms with Crippen molar-refractivity contribution in [2.45, 2.75) is 90.4 Å². The summed E-state index contributed by atoms with van der Waals surface area (Å²) >= 11 is 0. The lowest BCUT2D eigenvalue weighted by Gasteiger charge is -2.23. The minimum absolute atomic E-state index is 0.210. The highest BCUT2D eigenvalue weighted by molar-refractivity contribution is 5.71. The summed E-state index contributed by atoms with van der Waals surface area (Å²) in [5.74, 6) is 0. The molecule has 1 aliphatic carbocycles. The zero-order valence-corrected chi connectivity index (χ0v) is 14.8. The van der Waals surface area contributed by atoms with E-state index in [4.69, 9.17) is 11.5 Å². The number of hydrogen-bond acceptors (Lipinski definition) is 2. The highest BCUT2D eigenvalue weighted by Gasteiger charge is 2.33. The van der Waals surface area contributed by atoms with Gasteiger partial charge in [-0.25, -0.2) is 0 Å². The van der Waals surface area contributed by atoms with Crippen LogP contribution in [-0.4, -0.2) is 0 Å². The summed E-state index contributed by atoms with van der Waals surface area (Å²) in [6, 6.07) is 2.19. The fraction of sp³-hybridized carbons (Fsp3) is 0.700. The maximum absolute atomic E-state index is 6.51. The van der Waals surface area contributed by atoms with Crippen molar-refractivity contribution in [1.82, 2.24) is 0 Å². The number of fused-ring (bicyclic) bond motifs is 1. The molecule has 2 heteroatoms. The van der Waals surface area contributed by atoms with Crippen LogP contribution in [0.4, 0.5) is 11.4 Å². The quantitative estimate of drug-likeness (QED) is 0.501. The van der Waals surface area contributed by atoms with Crippen LogP contribution in [0.1, 0.15) is 88.8 Å². The number of rotatable bonds is 8. The number of anilines is 2. The number of benzene rings is 1. The van der Waals surface area contributed by atoms with E-state index in [9.17, 15) is 0 Å². The zero-order chi connectivity index (χ0) is 16.2. The highest BCUT2D eigenvalue weighted by atomic mass is 14.7. The van der Waals surface area contributed by atoms with Crippen molar-refractivity contribution in [2.24, 2.45) is 0 Å². The van der Waals surface area contributed by atoms with E-state index in [2.05, 4.69) is 26.8 Å². The van der Waals surface area contributed by atoms with Crippen LogP contribution in [0, 0.1) is 0 Å². The molecule has 0 amide bonds. The fourth-order valence-corrected chi connectivity index (χ4v) is 3.93. The zero-order valence-electron chi connectivity index (χ0n) is 14.8. The second-order valence-electron chi connectivity index (χ2n) is 7.65. The van der Waals surface area contributed by atoms with Crippen LogP contribution >= 0.6 is 0 Å². The van der Waals surface area contributed by atoms with Gasteiger partial charge in [0, 0.05) is 11.4 Å². The molecule has 0 heterocycles. The Morgan fingerprint density at radius 3 is 2.32 bits per heavy atom. The first-order valence-electron chi connectivity index (χ1n) is 9.17. The lowest BCUT2D eigenvalue weighted by Crippen LogP contribution is -2.16. The molecule has 2 rings (SSSR count). The normalized spacial score (nSPS) is 16.0. The van der Waals surface area contributed by atoms with Gasteiger partial charge in [-0.05, 0) is 53.9 Å². The minimum Gasteiger partial charge on any atom is -0.398 e. The Bertz CT molecular complexity index is 503. The number of hydrogen-bond donors (Lipinski definition) is 2. The van der Waals surface area contributed by atoms with Crippen LogP contribution in [0.3, 0.4) is 0 Å². The molecule has 0 fully saturated rings. The smallest absolute Gasteiger partial charge is 0.0408 e. The van der Waals surface area contributed by atoms with Gasteiger partial charge in [-0.15, -0.1) is 0 Å². The van der Waals surface area contributed by atoms with E-state index < -0.39 is 0 Å². The third-order valence-corrected chi connectivity index (χ3v) is 5.32. The summed E-state index contributed by atoms with van der Waals surface area (Å²) in [5, 5.41) is 0. The molecule has 0 radical (unpaired) electrons. The summed E-state index contributed by atoms with van der Waals surface area (Å²) < 4.78 is 0. The van der Waals surface area contributed by atoms with Gasteiger partial charge in [0.1, 0.15) is 0 Å². The second-order valence-corrected chi connectivity index (χ2v) is 7.65. The Kier molecular flexibility index (Phi) is 5.77. The van der Waals surface area contributed by atoms with E-state index in [0.29, 0.717) is 0 Å². The average Bonchev–Trinajstić information content (AvgIpc) is 2.76. The molecule has 1 aliphatic rings. The van der Waals surface area contributed by atoms with Crippen LogP contribution in [0.2, 0.25) is 0 Å². The Hall–Kier alpha value is -1.18. The SMILES string of the molecule is CCCCCCCCCc1c(N)cc2c(c1N)C(C)(C)CC2. The standard InChI is InChI=1S/C20H34N2/c1-4-5-6-7-8-9-10-11-16-17(21)14-15-12-13-20(2,3)18(15)19(16)22/h14H,4-13,21-22H2,1-3H3. The van der Waals surface area contributed by atoms with Gasteiger partial charge in [0.25, 0.3) is 0 Å². The molecule has 4 N–H and O–H groups in total. The third-order valence-electron chi connectivity index (χ3n) is 5.32. The fourth-order valence-electron chi connectivity index (χ4n) is 3.93. The second kappa shape index (κ2) is 7.39. The Balaban J connectivity index is 1.95. The van der Waals surface area contributed by atoms with Crippen molar-refractivity contribution in [3.8, 4) is 0 Å². The van der Waals surface area contributed by atoms with E-state index in [1.54, 1.807) is 0 Å². The highest BCUT2D eigenvalue weighted by Crippen LogP contribution is 2.44. The van der Waals surface area contributed by atoms with E-state index >= 15 is 0 Å². The molecule has 0 unspecified atom stereocenters. The summed E-state index contributed by atoms with van der Waals surface area (Å²) in [5.41, 5.74) is 18.9. The van der Waals surface area contributed by atoms with Crippen LogP contribution < -0.4 is 11.5 Å². The molecular formula is C20H34N2. The number of nitrogens with two attached hydrogens (primary N) is 2. The van der Waals surface area contributed by atoms with Crippen molar-refractivity contribution in [1.29, 1.82) is 0 Å². The molecule has 1 aromatic carbocycles. The van der Waals surface area contributed by atoms with Crippen LogP contribution in [0.15, 0.2) is 6.07 Å². The molecule has 2 nitrogen and oxygen atoms in total. The van der Waals surface area contributed by atoms with Gasteiger partial charge in [-0.1, -0.05) is 59.3 Å². The van der Waals surface area contributed by atoms with Crippen molar-refractivity contribution in [3.63, 3.8) is 0 Å². The molecule has 124 valence electrons. The van der Waals surface area contributed by atoms with Gasteiger partial charge in [0.05, 0.1) is 0 Å². The Labute approximate surface area is 136 Å². The molecule has 0 bridgehead atoms. The van der Waals surface area contributed by atoms with Crippen molar-refractivity contribution in [3.05, 3.63) is 22.8 Å².